The maximum absolute atomic E-state index is 12.6. The molecule has 1 heterocycles. The highest BCUT2D eigenvalue weighted by Gasteiger charge is 2.23. The van der Waals surface area contributed by atoms with Gasteiger partial charge in [-0.05, 0) is 55.9 Å². The van der Waals surface area contributed by atoms with Crippen LogP contribution < -0.4 is 5.32 Å². The van der Waals surface area contributed by atoms with Gasteiger partial charge in [0.1, 0.15) is 0 Å². The van der Waals surface area contributed by atoms with Crippen molar-refractivity contribution in [2.75, 3.05) is 0 Å². The number of fused-ring (bicyclic) bond motifs is 2. The van der Waals surface area contributed by atoms with Crippen molar-refractivity contribution in [2.24, 2.45) is 0 Å². The molecule has 3 aliphatic rings. The second-order valence-corrected chi connectivity index (χ2v) is 10.9. The first kappa shape index (κ1) is 25.0. The normalized spacial score (nSPS) is 19.7. The fourth-order valence-corrected chi connectivity index (χ4v) is 6.36. The van der Waals surface area contributed by atoms with E-state index < -0.39 is 11.9 Å². The molecule has 2 fully saturated rings. The molecule has 4 nitrogen and oxygen atoms in total. The van der Waals surface area contributed by atoms with Crippen molar-refractivity contribution in [1.29, 1.82) is 0 Å². The third kappa shape index (κ3) is 6.31. The number of carbonyl (C=O) groups excluding carboxylic acids is 1. The number of hydrogen-bond acceptors (Lipinski definition) is 4. The lowest BCUT2D eigenvalue weighted by Gasteiger charge is -2.30. The minimum Gasteiger partial charge on any atom is -0.481 e. The van der Waals surface area contributed by atoms with E-state index in [0.29, 0.717) is 11.3 Å². The molecule has 0 bridgehead atoms. The molecule has 2 saturated carbocycles. The number of aliphatic carboxylic acids is 1. The zero-order valence-electron chi connectivity index (χ0n) is 20.2. The van der Waals surface area contributed by atoms with Crippen LogP contribution in [0.15, 0.2) is 47.4 Å². The molecule has 1 atom stereocenters. The van der Waals surface area contributed by atoms with Crippen LogP contribution in [0.1, 0.15) is 104 Å². The minimum absolute atomic E-state index is 0.0140. The number of hydrogen-bond donors (Lipinski definition) is 2. The third-order valence-corrected chi connectivity index (χ3v) is 8.56. The summed E-state index contributed by atoms with van der Waals surface area (Å²) in [5, 5.41) is 13.0. The van der Waals surface area contributed by atoms with Gasteiger partial charge in [0, 0.05) is 33.9 Å². The summed E-state index contributed by atoms with van der Waals surface area (Å²) in [7, 11) is 0. The van der Waals surface area contributed by atoms with E-state index in [1.165, 1.54) is 64.2 Å². The molecule has 2 aromatic rings. The lowest BCUT2D eigenvalue weighted by atomic mass is 9.91. The predicted octanol–water partition coefficient (Wildman–Crippen LogP) is 6.95. The van der Waals surface area contributed by atoms with Gasteiger partial charge in [0.2, 0.25) is 0 Å². The van der Waals surface area contributed by atoms with E-state index in [1.54, 1.807) is 30.8 Å². The Bertz CT molecular complexity index is 977. The van der Waals surface area contributed by atoms with Gasteiger partial charge in [0.25, 0.3) is 0 Å². The Morgan fingerprint density at radius 2 is 1.53 bits per heavy atom. The third-order valence-electron chi connectivity index (χ3n) is 7.44. The number of carboxylic acid groups (broad SMARTS) is 1. The molecule has 2 aromatic carbocycles. The Hall–Kier alpha value is -2.11. The highest BCUT2D eigenvalue weighted by atomic mass is 32.2. The van der Waals surface area contributed by atoms with Gasteiger partial charge < -0.3 is 10.4 Å². The van der Waals surface area contributed by atoms with E-state index >= 15 is 0 Å². The van der Waals surface area contributed by atoms with Crippen LogP contribution in [-0.2, 0) is 10.5 Å². The summed E-state index contributed by atoms with van der Waals surface area (Å²) in [6.45, 7) is 1.66. The summed E-state index contributed by atoms with van der Waals surface area (Å²) in [6, 6.07) is 14.7. The van der Waals surface area contributed by atoms with Gasteiger partial charge in [-0.3, -0.25) is 9.59 Å². The average Bonchev–Trinajstić information content (AvgIpc) is 3.01. The smallest absolute Gasteiger partial charge is 0.310 e. The Labute approximate surface area is 207 Å². The van der Waals surface area contributed by atoms with E-state index in [4.69, 9.17) is 5.11 Å². The van der Waals surface area contributed by atoms with Crippen molar-refractivity contribution in [3.8, 4) is 0 Å². The number of nitrogens with one attached hydrogen (secondary N) is 1. The van der Waals surface area contributed by atoms with Crippen molar-refractivity contribution in [3.63, 3.8) is 0 Å². The van der Waals surface area contributed by atoms with E-state index in [0.717, 1.165) is 33.7 Å². The molecule has 34 heavy (non-hydrogen) atoms. The minimum atomic E-state index is -0.856. The van der Waals surface area contributed by atoms with Crippen LogP contribution in [0.5, 0.6) is 0 Å². The van der Waals surface area contributed by atoms with E-state index in [9.17, 15) is 9.59 Å². The average molecular weight is 480 g/mol. The van der Waals surface area contributed by atoms with Crippen LogP contribution in [0.2, 0.25) is 0 Å². The van der Waals surface area contributed by atoms with Crippen molar-refractivity contribution < 1.29 is 14.7 Å². The molecule has 1 unspecified atom stereocenters. The second-order valence-electron chi connectivity index (χ2n) is 9.93. The number of rotatable bonds is 4. The SMILES string of the molecule is C1CCC(NC2CCCCC2)CC1.CC(C(=O)O)c1ccc2c(c1)CSc1ccccc1C2=O. The van der Waals surface area contributed by atoms with Gasteiger partial charge >= 0.3 is 5.97 Å². The maximum atomic E-state index is 12.6. The quantitative estimate of drug-likeness (QED) is 0.496. The summed E-state index contributed by atoms with van der Waals surface area (Å²) >= 11 is 1.62. The van der Waals surface area contributed by atoms with E-state index in [1.807, 2.05) is 30.3 Å². The molecule has 0 amide bonds. The number of carboxylic acids is 1. The van der Waals surface area contributed by atoms with Crippen molar-refractivity contribution in [3.05, 3.63) is 64.7 Å². The van der Waals surface area contributed by atoms with Crippen molar-refractivity contribution >= 4 is 23.5 Å². The summed E-state index contributed by atoms with van der Waals surface area (Å²) in [5.41, 5.74) is 3.04. The Balaban J connectivity index is 0.000000180. The lowest BCUT2D eigenvalue weighted by Crippen LogP contribution is -2.40. The first-order valence-electron chi connectivity index (χ1n) is 12.9. The first-order valence-corrected chi connectivity index (χ1v) is 13.9. The molecule has 0 spiro atoms. The van der Waals surface area contributed by atoms with Gasteiger partial charge in [-0.2, -0.15) is 0 Å². The first-order chi connectivity index (χ1) is 16.5. The van der Waals surface area contributed by atoms with Gasteiger partial charge in [-0.1, -0.05) is 68.9 Å². The fraction of sp³-hybridized carbons (Fsp3) is 0.517. The standard InChI is InChI=1S/C17H14O3S.C12H23N/c1-10(17(19)20)11-6-7-13-12(8-11)9-21-15-5-3-2-4-14(15)16(13)18;1-3-7-11(8-4-1)13-12-9-5-2-6-10-12/h2-8,10H,9H2,1H3,(H,19,20);11-13H,1-10H2. The molecule has 2 aliphatic carbocycles. The van der Waals surface area contributed by atoms with E-state index in [-0.39, 0.29) is 5.78 Å². The zero-order valence-corrected chi connectivity index (χ0v) is 21.0. The van der Waals surface area contributed by atoms with Gasteiger partial charge in [-0.25, -0.2) is 0 Å². The van der Waals surface area contributed by atoms with Crippen LogP contribution in [-0.4, -0.2) is 28.9 Å². The molecule has 2 N–H and O–H groups in total. The zero-order chi connectivity index (χ0) is 23.9. The highest BCUT2D eigenvalue weighted by molar-refractivity contribution is 7.98. The second kappa shape index (κ2) is 12.0. The number of ketones is 1. The predicted molar refractivity (Wildman–Crippen MR) is 139 cm³/mol. The summed E-state index contributed by atoms with van der Waals surface area (Å²) in [6.07, 6.45) is 14.6. The topological polar surface area (TPSA) is 66.4 Å². The van der Waals surface area contributed by atoms with Crippen LogP contribution in [0.4, 0.5) is 0 Å². The van der Waals surface area contributed by atoms with Crippen LogP contribution in [0.25, 0.3) is 0 Å². The molecular weight excluding hydrogens is 442 g/mol. The number of thioether (sulfide) groups is 1. The van der Waals surface area contributed by atoms with Crippen LogP contribution in [0.3, 0.4) is 0 Å². The maximum Gasteiger partial charge on any atom is 0.310 e. The Morgan fingerprint density at radius 3 is 2.15 bits per heavy atom. The van der Waals surface area contributed by atoms with Crippen LogP contribution in [0, 0.1) is 0 Å². The Kier molecular flexibility index (Phi) is 8.85. The van der Waals surface area contributed by atoms with E-state index in [2.05, 4.69) is 5.32 Å². The van der Waals surface area contributed by atoms with Crippen LogP contribution >= 0.6 is 11.8 Å². The molecule has 1 aliphatic heterocycles. The van der Waals surface area contributed by atoms with Crippen molar-refractivity contribution in [2.45, 2.75) is 99.8 Å². The fourth-order valence-electron chi connectivity index (χ4n) is 5.32. The largest absolute Gasteiger partial charge is 0.481 e. The number of benzene rings is 2. The van der Waals surface area contributed by atoms with Gasteiger partial charge in [-0.15, -0.1) is 11.8 Å². The lowest BCUT2D eigenvalue weighted by molar-refractivity contribution is -0.138. The number of carbonyl (C=O) groups is 2. The molecule has 182 valence electrons. The van der Waals surface area contributed by atoms with Crippen molar-refractivity contribution in [1.82, 2.24) is 5.32 Å². The molecule has 0 saturated heterocycles. The summed E-state index contributed by atoms with van der Waals surface area (Å²) in [4.78, 5) is 24.7. The Morgan fingerprint density at radius 1 is 0.912 bits per heavy atom. The summed E-state index contributed by atoms with van der Waals surface area (Å²) in [5.74, 6) is -0.731. The summed E-state index contributed by atoms with van der Waals surface area (Å²) < 4.78 is 0. The van der Waals surface area contributed by atoms with Gasteiger partial charge in [0.15, 0.2) is 5.78 Å². The molecule has 5 rings (SSSR count). The monoisotopic (exact) mass is 479 g/mol. The molecule has 0 radical (unpaired) electrons. The molecule has 5 heteroatoms. The molecule has 0 aromatic heterocycles. The molecular formula is C29H37NO3S. The van der Waals surface area contributed by atoms with Gasteiger partial charge in [0.05, 0.1) is 5.92 Å². The highest BCUT2D eigenvalue weighted by Crippen LogP contribution is 2.34.